The van der Waals surface area contributed by atoms with E-state index in [1.54, 1.807) is 18.9 Å². The Hall–Kier alpha value is -1.43. The lowest BCUT2D eigenvalue weighted by Gasteiger charge is -2.22. The number of hydrogen-bond acceptors (Lipinski definition) is 5. The first-order chi connectivity index (χ1) is 6.56. The molecule has 3 N–H and O–H groups in total. The van der Waals surface area contributed by atoms with Crippen LogP contribution in [0.2, 0.25) is 0 Å². The first-order valence-corrected chi connectivity index (χ1v) is 4.18. The molecule has 1 unspecified atom stereocenters. The van der Waals surface area contributed by atoms with Crippen LogP contribution in [-0.4, -0.2) is 34.8 Å². The fourth-order valence-corrected chi connectivity index (χ4v) is 0.860. The molecule has 14 heavy (non-hydrogen) atoms. The van der Waals surface area contributed by atoms with E-state index in [1.807, 2.05) is 0 Å². The highest BCUT2D eigenvalue weighted by Gasteiger charge is 2.12. The van der Waals surface area contributed by atoms with Crippen LogP contribution in [0.4, 0.5) is 16.2 Å². The van der Waals surface area contributed by atoms with Crippen molar-refractivity contribution in [2.24, 2.45) is 0 Å². The molecule has 0 fully saturated rings. The molecule has 1 atom stereocenters. The van der Waals surface area contributed by atoms with Crippen molar-refractivity contribution in [2.45, 2.75) is 13.0 Å². The van der Waals surface area contributed by atoms with E-state index < -0.39 is 5.82 Å². The third-order valence-electron chi connectivity index (χ3n) is 2.00. The lowest BCUT2D eigenvalue weighted by molar-refractivity contribution is 0.269. The number of aromatic nitrogens is 2. The highest BCUT2D eigenvalue weighted by molar-refractivity contribution is 5.38. The summed E-state index contributed by atoms with van der Waals surface area (Å²) in [5.74, 6) is -0.531. The third kappa shape index (κ3) is 2.08. The van der Waals surface area contributed by atoms with Crippen LogP contribution in [0.15, 0.2) is 6.20 Å². The smallest absolute Gasteiger partial charge is 0.227 e. The summed E-state index contributed by atoms with van der Waals surface area (Å²) < 4.78 is 12.7. The highest BCUT2D eigenvalue weighted by atomic mass is 19.1. The Labute approximate surface area is 81.4 Å². The average molecular weight is 200 g/mol. The number of nitrogens with two attached hydrogens (primary N) is 1. The standard InChI is InChI=1S/C8H13FN4O/c1-5(4-14)13(2)8-11-3-6(9)7(10)12-8/h3,5,14H,4H2,1-2H3,(H2,10,11,12). The summed E-state index contributed by atoms with van der Waals surface area (Å²) in [5.41, 5.74) is 5.28. The van der Waals surface area contributed by atoms with Crippen molar-refractivity contribution < 1.29 is 9.50 Å². The molecule has 0 aliphatic rings. The minimum atomic E-state index is -0.640. The van der Waals surface area contributed by atoms with Crippen LogP contribution in [0.1, 0.15) is 6.92 Å². The molecule has 5 nitrogen and oxygen atoms in total. The molecule has 0 bridgehead atoms. The van der Waals surface area contributed by atoms with Gasteiger partial charge in [0.25, 0.3) is 0 Å². The molecule has 0 aliphatic carbocycles. The van der Waals surface area contributed by atoms with Gasteiger partial charge in [-0.25, -0.2) is 9.37 Å². The summed E-state index contributed by atoms with van der Waals surface area (Å²) in [6.45, 7) is 1.76. The molecule has 6 heteroatoms. The van der Waals surface area contributed by atoms with E-state index in [0.29, 0.717) is 5.95 Å². The molecule has 1 aromatic rings. The van der Waals surface area contributed by atoms with Crippen LogP contribution < -0.4 is 10.6 Å². The number of aliphatic hydroxyl groups is 1. The Morgan fingerprint density at radius 1 is 1.71 bits per heavy atom. The van der Waals surface area contributed by atoms with Crippen molar-refractivity contribution in [3.05, 3.63) is 12.0 Å². The predicted molar refractivity (Wildman–Crippen MR) is 51.4 cm³/mol. The number of likely N-dealkylation sites (N-methyl/N-ethyl adjacent to an activating group) is 1. The van der Waals surface area contributed by atoms with Crippen molar-refractivity contribution in [1.82, 2.24) is 9.97 Å². The summed E-state index contributed by atoms with van der Waals surface area (Å²) in [6.07, 6.45) is 1.01. The number of anilines is 2. The monoisotopic (exact) mass is 200 g/mol. The van der Waals surface area contributed by atoms with E-state index in [-0.39, 0.29) is 18.5 Å². The Morgan fingerprint density at radius 2 is 2.36 bits per heavy atom. The Kier molecular flexibility index (Phi) is 3.19. The van der Waals surface area contributed by atoms with Crippen molar-refractivity contribution in [2.75, 3.05) is 24.3 Å². The second-order valence-corrected chi connectivity index (χ2v) is 3.05. The van der Waals surface area contributed by atoms with E-state index in [2.05, 4.69) is 9.97 Å². The zero-order valence-corrected chi connectivity index (χ0v) is 8.11. The summed E-state index contributed by atoms with van der Waals surface area (Å²) in [7, 11) is 1.70. The molecular weight excluding hydrogens is 187 g/mol. The Morgan fingerprint density at radius 3 is 2.86 bits per heavy atom. The van der Waals surface area contributed by atoms with Crippen molar-refractivity contribution in [3.8, 4) is 0 Å². The van der Waals surface area contributed by atoms with Crippen LogP contribution in [0, 0.1) is 5.82 Å². The van der Waals surface area contributed by atoms with Gasteiger partial charge in [0.05, 0.1) is 18.8 Å². The van der Waals surface area contributed by atoms with Crippen LogP contribution in [-0.2, 0) is 0 Å². The summed E-state index contributed by atoms with van der Waals surface area (Å²) in [6, 6.07) is -0.139. The quantitative estimate of drug-likeness (QED) is 0.719. The number of hydrogen-bond donors (Lipinski definition) is 2. The number of rotatable bonds is 3. The number of halogens is 1. The molecule has 1 heterocycles. The predicted octanol–water partition coefficient (Wildman–Crippen LogP) is 0.0149. The largest absolute Gasteiger partial charge is 0.394 e. The molecule has 78 valence electrons. The topological polar surface area (TPSA) is 75.3 Å². The molecule has 0 aliphatic heterocycles. The molecule has 1 aromatic heterocycles. The van der Waals surface area contributed by atoms with Gasteiger partial charge in [0, 0.05) is 7.05 Å². The van der Waals surface area contributed by atoms with Gasteiger partial charge in [0.15, 0.2) is 11.6 Å². The zero-order valence-electron chi connectivity index (χ0n) is 8.11. The minimum absolute atomic E-state index is 0.0306. The van der Waals surface area contributed by atoms with Crippen molar-refractivity contribution in [1.29, 1.82) is 0 Å². The maximum Gasteiger partial charge on any atom is 0.227 e. The maximum atomic E-state index is 12.7. The zero-order chi connectivity index (χ0) is 10.7. The van der Waals surface area contributed by atoms with Gasteiger partial charge in [-0.1, -0.05) is 0 Å². The van der Waals surface area contributed by atoms with Gasteiger partial charge in [-0.3, -0.25) is 0 Å². The minimum Gasteiger partial charge on any atom is -0.394 e. The van der Waals surface area contributed by atoms with Crippen LogP contribution >= 0.6 is 0 Å². The summed E-state index contributed by atoms with van der Waals surface area (Å²) in [4.78, 5) is 9.13. The molecule has 0 spiro atoms. The van der Waals surface area contributed by atoms with Gasteiger partial charge in [-0.15, -0.1) is 0 Å². The normalized spacial score (nSPS) is 12.6. The van der Waals surface area contributed by atoms with Crippen molar-refractivity contribution in [3.63, 3.8) is 0 Å². The molecule has 0 radical (unpaired) electrons. The van der Waals surface area contributed by atoms with E-state index in [1.165, 1.54) is 0 Å². The van der Waals surface area contributed by atoms with Crippen molar-refractivity contribution >= 4 is 11.8 Å². The van der Waals surface area contributed by atoms with Gasteiger partial charge in [0.1, 0.15) is 0 Å². The van der Waals surface area contributed by atoms with Gasteiger partial charge in [-0.05, 0) is 6.92 Å². The third-order valence-corrected chi connectivity index (χ3v) is 2.00. The fourth-order valence-electron chi connectivity index (χ4n) is 0.860. The van der Waals surface area contributed by atoms with Gasteiger partial charge in [0.2, 0.25) is 5.95 Å². The molecule has 0 saturated carbocycles. The number of nitrogen functional groups attached to an aromatic ring is 1. The van der Waals surface area contributed by atoms with Gasteiger partial charge >= 0.3 is 0 Å². The van der Waals surface area contributed by atoms with Crippen LogP contribution in [0.3, 0.4) is 0 Å². The number of nitrogens with zero attached hydrogens (tertiary/aromatic N) is 3. The molecule has 1 rings (SSSR count). The van der Waals surface area contributed by atoms with E-state index >= 15 is 0 Å². The molecule has 0 amide bonds. The molecule has 0 saturated heterocycles. The van der Waals surface area contributed by atoms with Gasteiger partial charge < -0.3 is 15.7 Å². The molecular formula is C8H13FN4O. The Balaban J connectivity index is 2.91. The SMILES string of the molecule is CC(CO)N(C)c1ncc(F)c(N)n1. The van der Waals surface area contributed by atoms with Crippen LogP contribution in [0.5, 0.6) is 0 Å². The second-order valence-electron chi connectivity index (χ2n) is 3.05. The first-order valence-electron chi connectivity index (χ1n) is 4.18. The lowest BCUT2D eigenvalue weighted by Crippen LogP contribution is -2.33. The summed E-state index contributed by atoms with van der Waals surface area (Å²) >= 11 is 0. The van der Waals surface area contributed by atoms with Crippen LogP contribution in [0.25, 0.3) is 0 Å². The maximum absolute atomic E-state index is 12.7. The second kappa shape index (κ2) is 4.19. The van der Waals surface area contributed by atoms with Gasteiger partial charge in [-0.2, -0.15) is 4.98 Å². The van der Waals surface area contributed by atoms with E-state index in [0.717, 1.165) is 6.20 Å². The fraction of sp³-hybridized carbons (Fsp3) is 0.500. The summed E-state index contributed by atoms with van der Waals surface area (Å²) in [5, 5.41) is 8.89. The Bertz CT molecular complexity index is 320. The molecule has 0 aromatic carbocycles. The number of aliphatic hydroxyl groups excluding tert-OH is 1. The first kappa shape index (κ1) is 10.6. The van der Waals surface area contributed by atoms with E-state index in [9.17, 15) is 4.39 Å². The highest BCUT2D eigenvalue weighted by Crippen LogP contribution is 2.12. The average Bonchev–Trinajstić information content (AvgIpc) is 2.20. The van der Waals surface area contributed by atoms with E-state index in [4.69, 9.17) is 10.8 Å². The lowest BCUT2D eigenvalue weighted by atomic mass is 10.3.